The Labute approximate surface area is 107 Å². The zero-order valence-corrected chi connectivity index (χ0v) is 10.8. The number of rotatable bonds is 2. The van der Waals surface area contributed by atoms with Crippen LogP contribution in [-0.2, 0) is 10.2 Å². The van der Waals surface area contributed by atoms with Crippen LogP contribution in [0.25, 0.3) is 0 Å². The van der Waals surface area contributed by atoms with Gasteiger partial charge in [-0.2, -0.15) is 0 Å². The SMILES string of the molecule is Cc1cc2c(c(Br)c1C1(C(=O)O)CC1)OCO2. The molecule has 4 nitrogen and oxygen atoms in total. The topological polar surface area (TPSA) is 55.8 Å². The lowest BCUT2D eigenvalue weighted by atomic mass is 9.91. The number of carboxylic acids is 1. The molecule has 1 aliphatic heterocycles. The number of hydrogen-bond acceptors (Lipinski definition) is 3. The van der Waals surface area contributed by atoms with E-state index in [0.29, 0.717) is 24.3 Å². The summed E-state index contributed by atoms with van der Waals surface area (Å²) in [5.74, 6) is 0.539. The van der Waals surface area contributed by atoms with Crippen LogP contribution >= 0.6 is 15.9 Å². The van der Waals surface area contributed by atoms with Crippen molar-refractivity contribution in [3.63, 3.8) is 0 Å². The fraction of sp³-hybridized carbons (Fsp3) is 0.417. The first-order chi connectivity index (χ1) is 8.06. The average Bonchev–Trinajstić information content (AvgIpc) is 2.91. The third-order valence-corrected chi connectivity index (χ3v) is 4.20. The Balaban J connectivity index is 2.21. The van der Waals surface area contributed by atoms with Crippen LogP contribution in [0.1, 0.15) is 24.0 Å². The van der Waals surface area contributed by atoms with Gasteiger partial charge in [0.15, 0.2) is 11.5 Å². The Hall–Kier alpha value is -1.23. The van der Waals surface area contributed by atoms with Gasteiger partial charge in [0.25, 0.3) is 0 Å². The van der Waals surface area contributed by atoms with Crippen LogP contribution in [0.5, 0.6) is 11.5 Å². The van der Waals surface area contributed by atoms with Crippen molar-refractivity contribution in [3.8, 4) is 11.5 Å². The van der Waals surface area contributed by atoms with Crippen LogP contribution in [-0.4, -0.2) is 17.9 Å². The van der Waals surface area contributed by atoms with Gasteiger partial charge < -0.3 is 14.6 Å². The van der Waals surface area contributed by atoms with Gasteiger partial charge in [-0.05, 0) is 52.9 Å². The number of halogens is 1. The molecule has 3 rings (SSSR count). The Morgan fingerprint density at radius 2 is 2.18 bits per heavy atom. The molecular formula is C12H11BrO4. The van der Waals surface area contributed by atoms with E-state index in [1.165, 1.54) is 0 Å². The molecule has 0 amide bonds. The highest BCUT2D eigenvalue weighted by Crippen LogP contribution is 2.55. The Morgan fingerprint density at radius 1 is 1.47 bits per heavy atom. The second kappa shape index (κ2) is 3.38. The maximum Gasteiger partial charge on any atom is 0.314 e. The van der Waals surface area contributed by atoms with Gasteiger partial charge >= 0.3 is 5.97 Å². The monoisotopic (exact) mass is 298 g/mol. The van der Waals surface area contributed by atoms with Gasteiger partial charge in [-0.25, -0.2) is 0 Å². The van der Waals surface area contributed by atoms with Crippen molar-refractivity contribution in [2.45, 2.75) is 25.2 Å². The Kier molecular flexibility index (Phi) is 2.17. The number of hydrogen-bond donors (Lipinski definition) is 1. The molecule has 1 aromatic carbocycles. The molecule has 1 aromatic rings. The lowest BCUT2D eigenvalue weighted by molar-refractivity contribution is -0.140. The fourth-order valence-corrected chi connectivity index (χ4v) is 3.41. The van der Waals surface area contributed by atoms with E-state index >= 15 is 0 Å². The van der Waals surface area contributed by atoms with E-state index in [1.54, 1.807) is 0 Å². The van der Waals surface area contributed by atoms with Crippen LogP contribution in [0, 0.1) is 6.92 Å². The lowest BCUT2D eigenvalue weighted by Crippen LogP contribution is -2.21. The molecule has 0 radical (unpaired) electrons. The molecule has 0 bridgehead atoms. The van der Waals surface area contributed by atoms with Gasteiger partial charge in [-0.15, -0.1) is 0 Å². The minimum atomic E-state index is -0.764. The highest BCUT2D eigenvalue weighted by Gasteiger charge is 2.54. The third-order valence-electron chi connectivity index (χ3n) is 3.44. The molecule has 0 spiro atoms. The number of benzene rings is 1. The van der Waals surface area contributed by atoms with Crippen molar-refractivity contribution in [1.82, 2.24) is 0 Å². The molecule has 0 unspecified atom stereocenters. The quantitative estimate of drug-likeness (QED) is 0.912. The summed E-state index contributed by atoms with van der Waals surface area (Å²) >= 11 is 3.46. The Bertz CT molecular complexity index is 520. The van der Waals surface area contributed by atoms with Crippen molar-refractivity contribution in [3.05, 3.63) is 21.7 Å². The second-order valence-electron chi connectivity index (χ2n) is 4.50. The van der Waals surface area contributed by atoms with Crippen LogP contribution in [0.2, 0.25) is 0 Å². The van der Waals surface area contributed by atoms with Crippen LogP contribution in [0.15, 0.2) is 10.5 Å². The summed E-state index contributed by atoms with van der Waals surface area (Å²) in [5, 5.41) is 9.36. The number of carbonyl (C=O) groups is 1. The number of aryl methyl sites for hydroxylation is 1. The normalized spacial score (nSPS) is 19.2. The molecule has 1 aliphatic carbocycles. The molecular weight excluding hydrogens is 288 g/mol. The van der Waals surface area contributed by atoms with Crippen molar-refractivity contribution >= 4 is 21.9 Å². The van der Waals surface area contributed by atoms with E-state index in [0.717, 1.165) is 15.6 Å². The number of fused-ring (bicyclic) bond motifs is 1. The standard InChI is InChI=1S/C12H11BrO4/c1-6-4-7-10(17-5-16-7)9(13)8(6)12(2-3-12)11(14)15/h4H,2-3,5H2,1H3,(H,14,15). The molecule has 1 saturated carbocycles. The van der Waals surface area contributed by atoms with Gasteiger partial charge in [0.05, 0.1) is 9.89 Å². The van der Waals surface area contributed by atoms with E-state index < -0.39 is 11.4 Å². The van der Waals surface area contributed by atoms with Crippen LogP contribution in [0.4, 0.5) is 0 Å². The zero-order chi connectivity index (χ0) is 12.2. The van der Waals surface area contributed by atoms with E-state index in [-0.39, 0.29) is 6.79 Å². The third kappa shape index (κ3) is 1.38. The van der Waals surface area contributed by atoms with Gasteiger partial charge in [0, 0.05) is 0 Å². The summed E-state index contributed by atoms with van der Waals surface area (Å²) < 4.78 is 11.4. The lowest BCUT2D eigenvalue weighted by Gasteiger charge is -2.17. The van der Waals surface area contributed by atoms with Gasteiger partial charge in [0.2, 0.25) is 6.79 Å². The fourth-order valence-electron chi connectivity index (χ4n) is 2.41. The van der Waals surface area contributed by atoms with Crippen molar-refractivity contribution in [1.29, 1.82) is 0 Å². The summed E-state index contributed by atoms with van der Waals surface area (Å²) in [4.78, 5) is 11.4. The molecule has 1 N–H and O–H groups in total. The van der Waals surface area contributed by atoms with E-state index in [2.05, 4.69) is 15.9 Å². The Morgan fingerprint density at radius 3 is 2.76 bits per heavy atom. The first-order valence-corrected chi connectivity index (χ1v) is 6.18. The van der Waals surface area contributed by atoms with E-state index in [4.69, 9.17) is 9.47 Å². The molecule has 0 atom stereocenters. The van der Waals surface area contributed by atoms with Gasteiger partial charge in [-0.3, -0.25) is 4.79 Å². The van der Waals surface area contributed by atoms with Gasteiger partial charge in [0.1, 0.15) is 0 Å². The van der Waals surface area contributed by atoms with Crippen molar-refractivity contribution in [2.24, 2.45) is 0 Å². The largest absolute Gasteiger partial charge is 0.481 e. The highest BCUT2D eigenvalue weighted by atomic mass is 79.9. The molecule has 0 saturated heterocycles. The molecule has 1 heterocycles. The summed E-state index contributed by atoms with van der Waals surface area (Å²) in [5.41, 5.74) is 1.03. The number of aliphatic carboxylic acids is 1. The van der Waals surface area contributed by atoms with Crippen LogP contribution < -0.4 is 9.47 Å². The first-order valence-electron chi connectivity index (χ1n) is 5.39. The average molecular weight is 299 g/mol. The van der Waals surface area contributed by atoms with E-state index in [1.807, 2.05) is 13.0 Å². The second-order valence-corrected chi connectivity index (χ2v) is 5.30. The van der Waals surface area contributed by atoms with Gasteiger partial charge in [-0.1, -0.05) is 0 Å². The molecule has 0 aromatic heterocycles. The maximum absolute atomic E-state index is 11.4. The number of ether oxygens (including phenoxy) is 2. The molecule has 1 fully saturated rings. The minimum absolute atomic E-state index is 0.191. The summed E-state index contributed by atoms with van der Waals surface area (Å²) in [6, 6.07) is 1.85. The van der Waals surface area contributed by atoms with E-state index in [9.17, 15) is 9.90 Å². The maximum atomic E-state index is 11.4. The van der Waals surface area contributed by atoms with Crippen molar-refractivity contribution in [2.75, 3.05) is 6.79 Å². The molecule has 2 aliphatic rings. The smallest absolute Gasteiger partial charge is 0.314 e. The zero-order valence-electron chi connectivity index (χ0n) is 9.25. The molecule has 17 heavy (non-hydrogen) atoms. The molecule has 90 valence electrons. The summed E-state index contributed by atoms with van der Waals surface area (Å²) in [7, 11) is 0. The summed E-state index contributed by atoms with van der Waals surface area (Å²) in [6.07, 6.45) is 1.36. The number of carboxylic acid groups (broad SMARTS) is 1. The first kappa shape index (κ1) is 10.9. The predicted molar refractivity (Wildman–Crippen MR) is 63.5 cm³/mol. The highest BCUT2D eigenvalue weighted by molar-refractivity contribution is 9.10. The van der Waals surface area contributed by atoms with Crippen molar-refractivity contribution < 1.29 is 19.4 Å². The summed E-state index contributed by atoms with van der Waals surface area (Å²) in [6.45, 7) is 2.10. The predicted octanol–water partition coefficient (Wildman–Crippen LogP) is 2.60. The minimum Gasteiger partial charge on any atom is -0.481 e. The van der Waals surface area contributed by atoms with Crippen LogP contribution in [0.3, 0.4) is 0 Å². The molecule has 5 heteroatoms.